The van der Waals surface area contributed by atoms with Crippen LogP contribution in [0.2, 0.25) is 0 Å². The highest BCUT2D eigenvalue weighted by atomic mass is 32.2. The van der Waals surface area contributed by atoms with Gasteiger partial charge in [0.05, 0.1) is 41.8 Å². The zero-order valence-electron chi connectivity index (χ0n) is 38.8. The zero-order valence-corrected chi connectivity index (χ0v) is 39.7. The van der Waals surface area contributed by atoms with Gasteiger partial charge in [-0.2, -0.15) is 0 Å². The molecule has 3 aliphatic heterocycles. The van der Waals surface area contributed by atoms with Crippen LogP contribution in [0.15, 0.2) is 122 Å². The number of H-pyrrole nitrogens is 2. The SMILES string of the molecule is CC(C)COC(O)NC(C(=O)N1C(c2ncc(-c3ccc(-c4ccc(-c5cnc(C6CCCN6C(=O)C(c6ccccc6)N(C)C)[nH]5)cc4)cc3)[nH]2)CSC1C1CCNCC1)c1ccccc1. The Morgan fingerprint density at radius 1 is 0.761 bits per heavy atom. The number of amides is 2. The van der Waals surface area contributed by atoms with Gasteiger partial charge in [0.15, 0.2) is 0 Å². The molecule has 2 amide bonds. The first-order valence-corrected chi connectivity index (χ1v) is 24.8. The number of carbonyl (C=O) groups excluding carboxylic acids is 2. The summed E-state index contributed by atoms with van der Waals surface area (Å²) in [6, 6.07) is 34.9. The highest BCUT2D eigenvalue weighted by Crippen LogP contribution is 2.45. The maximum absolute atomic E-state index is 15.0. The molecule has 0 bridgehead atoms. The Balaban J connectivity index is 0.893. The number of imidazole rings is 2. The predicted octanol–water partition coefficient (Wildman–Crippen LogP) is 8.32. The number of hydrogen-bond acceptors (Lipinski definition) is 10. The molecule has 6 aromatic rings. The molecule has 3 saturated heterocycles. The Kier molecular flexibility index (Phi) is 14.7. The van der Waals surface area contributed by atoms with Crippen LogP contribution in [0.4, 0.5) is 0 Å². The molecule has 5 heterocycles. The number of hydrogen-bond donors (Lipinski definition) is 5. The first-order valence-electron chi connectivity index (χ1n) is 23.7. The van der Waals surface area contributed by atoms with Crippen molar-refractivity contribution < 1.29 is 19.4 Å². The maximum Gasteiger partial charge on any atom is 0.246 e. The summed E-state index contributed by atoms with van der Waals surface area (Å²) in [5, 5.41) is 17.5. The van der Waals surface area contributed by atoms with Crippen molar-refractivity contribution in [1.82, 2.24) is 45.3 Å². The number of thioether (sulfide) groups is 1. The van der Waals surface area contributed by atoms with Crippen LogP contribution >= 0.6 is 11.8 Å². The number of aromatic amines is 2. The van der Waals surface area contributed by atoms with Crippen molar-refractivity contribution in [3.05, 3.63) is 144 Å². The van der Waals surface area contributed by atoms with Crippen LogP contribution in [0.25, 0.3) is 33.6 Å². The summed E-state index contributed by atoms with van der Waals surface area (Å²) in [4.78, 5) is 51.9. The normalized spacial score (nSPS) is 20.4. The Bertz CT molecular complexity index is 2540. The van der Waals surface area contributed by atoms with E-state index in [-0.39, 0.29) is 41.2 Å². The van der Waals surface area contributed by atoms with E-state index < -0.39 is 12.5 Å². The van der Waals surface area contributed by atoms with Crippen molar-refractivity contribution in [2.45, 2.75) is 75.5 Å². The van der Waals surface area contributed by atoms with Crippen LogP contribution in [0.5, 0.6) is 0 Å². The number of nitrogens with zero attached hydrogens (tertiary/aromatic N) is 5. The van der Waals surface area contributed by atoms with Gasteiger partial charge >= 0.3 is 0 Å². The first-order chi connectivity index (χ1) is 32.6. The van der Waals surface area contributed by atoms with Crippen LogP contribution in [0.3, 0.4) is 0 Å². The third kappa shape index (κ3) is 10.4. The maximum atomic E-state index is 15.0. The summed E-state index contributed by atoms with van der Waals surface area (Å²) in [6.07, 6.45) is 6.20. The van der Waals surface area contributed by atoms with Gasteiger partial charge in [0, 0.05) is 12.3 Å². The number of ether oxygens (including phenoxy) is 1. The summed E-state index contributed by atoms with van der Waals surface area (Å²) in [7, 11) is 3.92. The van der Waals surface area contributed by atoms with Crippen molar-refractivity contribution in [1.29, 1.82) is 0 Å². The van der Waals surface area contributed by atoms with Gasteiger partial charge in [-0.1, -0.05) is 123 Å². The molecule has 6 unspecified atom stereocenters. The molecule has 3 fully saturated rings. The van der Waals surface area contributed by atoms with E-state index in [4.69, 9.17) is 14.7 Å². The molecule has 6 atom stereocenters. The van der Waals surface area contributed by atoms with Gasteiger partial charge in [-0.3, -0.25) is 19.8 Å². The predicted molar refractivity (Wildman–Crippen MR) is 264 cm³/mol. The lowest BCUT2D eigenvalue weighted by atomic mass is 9.95. The molecule has 9 rings (SSSR count). The summed E-state index contributed by atoms with van der Waals surface area (Å²) >= 11 is 1.82. The Morgan fingerprint density at radius 3 is 1.88 bits per heavy atom. The summed E-state index contributed by atoms with van der Waals surface area (Å²) in [5.74, 6) is 2.81. The Labute approximate surface area is 398 Å². The number of likely N-dealkylation sites (N-methyl/N-ethyl adjacent to an activating group) is 1. The lowest BCUT2D eigenvalue weighted by Gasteiger charge is -2.38. The number of aliphatic hydroxyl groups is 1. The highest BCUT2D eigenvalue weighted by Gasteiger charge is 2.46. The fourth-order valence-corrected chi connectivity index (χ4v) is 11.5. The van der Waals surface area contributed by atoms with Crippen LogP contribution in [0, 0.1) is 11.8 Å². The molecule has 0 radical (unpaired) electrons. The molecule has 5 N–H and O–H groups in total. The monoisotopic (exact) mass is 921 g/mol. The topological polar surface area (TPSA) is 155 Å². The average Bonchev–Trinajstić information content (AvgIpc) is 4.21. The smallest absolute Gasteiger partial charge is 0.246 e. The molecule has 14 heteroatoms. The second kappa shape index (κ2) is 21.1. The number of aromatic nitrogens is 4. The van der Waals surface area contributed by atoms with Crippen LogP contribution in [-0.2, 0) is 14.3 Å². The number of carbonyl (C=O) groups is 2. The Hall–Kier alpha value is -5.61. The van der Waals surface area contributed by atoms with E-state index in [1.165, 1.54) is 0 Å². The van der Waals surface area contributed by atoms with E-state index in [0.717, 1.165) is 95.2 Å². The molecule has 0 aliphatic carbocycles. The highest BCUT2D eigenvalue weighted by molar-refractivity contribution is 8.00. The number of nitrogens with one attached hydrogen (secondary N) is 4. The first kappa shape index (κ1) is 46.5. The van der Waals surface area contributed by atoms with Gasteiger partial charge in [0.2, 0.25) is 18.2 Å². The van der Waals surface area contributed by atoms with Gasteiger partial charge in [-0.05, 0) is 98.1 Å². The molecular formula is C53H63N9O4S. The van der Waals surface area contributed by atoms with E-state index in [2.05, 4.69) is 69.1 Å². The standard InChI is InChI=1S/C53H63N9O4S/c1-34(2)32-66-53(65)59-46(39-12-7-5-8-13-39)50(63)62-45(33-67-52(62)41-25-27-54-28-26-41)49-56-31-43(58-49)38-23-19-36(20-24-38)35-17-21-37(22-18-35)42-30-55-48(57-42)44-16-11-29-61(44)51(64)47(60(3)4)40-14-9-6-10-15-40/h5-10,12-15,17-24,30-31,34,41,44-47,52-54,59,65H,11,16,25-29,32-33H2,1-4H3,(H,55,57)(H,56,58). The van der Waals surface area contributed by atoms with E-state index in [1.54, 1.807) is 0 Å². The summed E-state index contributed by atoms with van der Waals surface area (Å²) in [5.41, 5.74) is 7.75. The molecule has 0 saturated carbocycles. The van der Waals surface area contributed by atoms with Gasteiger partial charge in [-0.15, -0.1) is 11.8 Å². The Morgan fingerprint density at radius 2 is 1.31 bits per heavy atom. The van der Waals surface area contributed by atoms with E-state index in [0.29, 0.717) is 24.8 Å². The van der Waals surface area contributed by atoms with Gasteiger partial charge in [0.1, 0.15) is 29.8 Å². The minimum absolute atomic E-state index is 0.0365. The second-order valence-corrected chi connectivity index (χ2v) is 19.8. The lowest BCUT2D eigenvalue weighted by molar-refractivity contribution is -0.152. The van der Waals surface area contributed by atoms with Crippen molar-refractivity contribution in [2.75, 3.05) is 46.1 Å². The summed E-state index contributed by atoms with van der Waals surface area (Å²) < 4.78 is 5.71. The largest absolute Gasteiger partial charge is 0.356 e. The molecule has 4 aromatic carbocycles. The van der Waals surface area contributed by atoms with Crippen molar-refractivity contribution >= 4 is 23.6 Å². The molecule has 350 valence electrons. The third-order valence-electron chi connectivity index (χ3n) is 13.3. The lowest BCUT2D eigenvalue weighted by Crippen LogP contribution is -2.50. The molecule has 0 spiro atoms. The minimum Gasteiger partial charge on any atom is -0.356 e. The molecule has 3 aliphatic rings. The van der Waals surface area contributed by atoms with Crippen molar-refractivity contribution in [2.24, 2.45) is 11.8 Å². The number of likely N-dealkylation sites (tertiary alicyclic amines) is 1. The van der Waals surface area contributed by atoms with Crippen molar-refractivity contribution in [3.8, 4) is 33.6 Å². The molecule has 67 heavy (non-hydrogen) atoms. The fraction of sp³-hybridized carbons (Fsp3) is 0.396. The number of rotatable bonds is 16. The molecule has 2 aromatic heterocycles. The number of piperidine rings is 1. The average molecular weight is 922 g/mol. The number of benzene rings is 4. The minimum atomic E-state index is -1.31. The third-order valence-corrected chi connectivity index (χ3v) is 14.8. The van der Waals surface area contributed by atoms with Gasteiger partial charge in [-0.25, -0.2) is 9.97 Å². The molecule has 13 nitrogen and oxygen atoms in total. The zero-order chi connectivity index (χ0) is 46.4. The van der Waals surface area contributed by atoms with E-state index in [9.17, 15) is 14.7 Å². The summed E-state index contributed by atoms with van der Waals surface area (Å²) in [6.45, 7) is 6.96. The van der Waals surface area contributed by atoms with E-state index >= 15 is 0 Å². The van der Waals surface area contributed by atoms with Crippen LogP contribution < -0.4 is 10.6 Å². The van der Waals surface area contributed by atoms with Gasteiger partial charge in [0.25, 0.3) is 0 Å². The van der Waals surface area contributed by atoms with Crippen molar-refractivity contribution in [3.63, 3.8) is 0 Å². The van der Waals surface area contributed by atoms with E-state index in [1.807, 2.05) is 127 Å². The van der Waals surface area contributed by atoms with Crippen LogP contribution in [-0.4, -0.2) is 109 Å². The van der Waals surface area contributed by atoms with Crippen LogP contribution in [0.1, 0.15) is 86.5 Å². The quantitative estimate of drug-likeness (QED) is 0.0599. The van der Waals surface area contributed by atoms with Gasteiger partial charge < -0.3 is 34.9 Å². The fourth-order valence-electron chi connectivity index (χ4n) is 9.85. The molecular weight excluding hydrogens is 859 g/mol. The number of aliphatic hydroxyl groups excluding tert-OH is 1. The second-order valence-electron chi connectivity index (χ2n) is 18.6.